The maximum absolute atomic E-state index is 12.2. The van der Waals surface area contributed by atoms with E-state index in [9.17, 15) is 4.79 Å². The van der Waals surface area contributed by atoms with Gasteiger partial charge in [-0.05, 0) is 19.4 Å². The molecule has 0 bridgehead atoms. The van der Waals surface area contributed by atoms with Gasteiger partial charge in [0.2, 0.25) is 0 Å². The molecule has 1 aromatic carbocycles. The Kier molecular flexibility index (Phi) is 6.53. The van der Waals surface area contributed by atoms with Gasteiger partial charge >= 0.3 is 5.97 Å². The van der Waals surface area contributed by atoms with Gasteiger partial charge in [-0.25, -0.2) is 4.79 Å². The van der Waals surface area contributed by atoms with E-state index in [1.807, 2.05) is 44.2 Å². The molecule has 5 heteroatoms. The highest BCUT2D eigenvalue weighted by Crippen LogP contribution is 2.30. The Morgan fingerprint density at radius 3 is 2.64 bits per heavy atom. The van der Waals surface area contributed by atoms with Crippen molar-refractivity contribution in [1.82, 2.24) is 4.90 Å². The molecule has 2 atom stereocenters. The van der Waals surface area contributed by atoms with Crippen LogP contribution in [0.3, 0.4) is 0 Å². The summed E-state index contributed by atoms with van der Waals surface area (Å²) in [4.78, 5) is 14.3. The summed E-state index contributed by atoms with van der Waals surface area (Å²) in [5, 5.41) is 0. The van der Waals surface area contributed by atoms with Gasteiger partial charge in [-0.2, -0.15) is 0 Å². The number of hydrogen-bond donors (Lipinski definition) is 0. The lowest BCUT2D eigenvalue weighted by Crippen LogP contribution is -2.47. The molecule has 0 spiro atoms. The molecule has 1 heterocycles. The van der Waals surface area contributed by atoms with E-state index in [4.69, 9.17) is 14.2 Å². The maximum atomic E-state index is 12.2. The molecule has 0 unspecified atom stereocenters. The molecule has 0 saturated carbocycles. The SMILES string of the molecule is C=CCN(Cc1ccccc1)[C@@H](C(=C)C(=O)OC)[C@H]1COC(C)(C)O1. The number of hydrogen-bond acceptors (Lipinski definition) is 5. The second-order valence-electron chi connectivity index (χ2n) is 6.53. The number of methoxy groups -OCH3 is 1. The third kappa shape index (κ3) is 5.01. The van der Waals surface area contributed by atoms with Gasteiger partial charge in [0.1, 0.15) is 6.10 Å². The number of nitrogens with zero attached hydrogens (tertiary/aromatic N) is 1. The molecule has 5 nitrogen and oxygen atoms in total. The standard InChI is InChI=1S/C20H27NO4/c1-6-12-21(13-16-10-8-7-9-11-16)18(15(2)19(22)23-5)17-14-24-20(3,4)25-17/h6-11,17-18H,1-2,12-14H2,3-5H3/t17-,18+/m1/s1. The van der Waals surface area contributed by atoms with Crippen LogP contribution in [0.1, 0.15) is 19.4 Å². The molecule has 2 rings (SSSR count). The van der Waals surface area contributed by atoms with Crippen molar-refractivity contribution in [2.24, 2.45) is 0 Å². The van der Waals surface area contributed by atoms with Crippen LogP contribution < -0.4 is 0 Å². The average molecular weight is 345 g/mol. The molecule has 1 aliphatic heterocycles. The topological polar surface area (TPSA) is 48.0 Å². The predicted octanol–water partition coefficient (Wildman–Crippen LogP) is 2.92. The van der Waals surface area contributed by atoms with Crippen molar-refractivity contribution < 1.29 is 19.0 Å². The van der Waals surface area contributed by atoms with Crippen LogP contribution in [0, 0.1) is 0 Å². The van der Waals surface area contributed by atoms with Gasteiger partial charge in [0.25, 0.3) is 0 Å². The first kappa shape index (κ1) is 19.4. The lowest BCUT2D eigenvalue weighted by atomic mass is 10.00. The molecule has 25 heavy (non-hydrogen) atoms. The Hall–Kier alpha value is -1.95. The van der Waals surface area contributed by atoms with Crippen LogP contribution in [-0.2, 0) is 25.5 Å². The van der Waals surface area contributed by atoms with Crippen LogP contribution in [0.15, 0.2) is 55.1 Å². The van der Waals surface area contributed by atoms with E-state index in [0.29, 0.717) is 25.3 Å². The van der Waals surface area contributed by atoms with Gasteiger partial charge in [0.05, 0.1) is 19.8 Å². The maximum Gasteiger partial charge on any atom is 0.334 e. The van der Waals surface area contributed by atoms with E-state index in [1.54, 1.807) is 6.08 Å². The molecule has 0 amide bonds. The van der Waals surface area contributed by atoms with Crippen molar-refractivity contribution in [1.29, 1.82) is 0 Å². The van der Waals surface area contributed by atoms with Gasteiger partial charge in [-0.15, -0.1) is 6.58 Å². The Morgan fingerprint density at radius 1 is 1.44 bits per heavy atom. The smallest absolute Gasteiger partial charge is 0.334 e. The van der Waals surface area contributed by atoms with Crippen molar-refractivity contribution in [3.05, 3.63) is 60.7 Å². The molecular formula is C20H27NO4. The molecule has 0 aromatic heterocycles. The zero-order valence-electron chi connectivity index (χ0n) is 15.2. The molecule has 1 aromatic rings. The minimum Gasteiger partial charge on any atom is -0.466 e. The fourth-order valence-corrected chi connectivity index (χ4v) is 3.06. The van der Waals surface area contributed by atoms with Gasteiger partial charge < -0.3 is 14.2 Å². The van der Waals surface area contributed by atoms with Crippen molar-refractivity contribution >= 4 is 5.97 Å². The van der Waals surface area contributed by atoms with Crippen LogP contribution >= 0.6 is 0 Å². The summed E-state index contributed by atoms with van der Waals surface area (Å²) in [7, 11) is 1.36. The third-order valence-corrected chi connectivity index (χ3v) is 4.17. The van der Waals surface area contributed by atoms with E-state index < -0.39 is 11.8 Å². The van der Waals surface area contributed by atoms with Crippen LogP contribution in [0.25, 0.3) is 0 Å². The molecule has 0 N–H and O–H groups in total. The first-order valence-electron chi connectivity index (χ1n) is 8.35. The summed E-state index contributed by atoms with van der Waals surface area (Å²) in [5.41, 5.74) is 1.48. The number of carbonyl (C=O) groups excluding carboxylic acids is 1. The molecule has 1 fully saturated rings. The summed E-state index contributed by atoms with van der Waals surface area (Å²) in [6.07, 6.45) is 1.49. The molecule has 0 aliphatic carbocycles. The fraction of sp³-hybridized carbons (Fsp3) is 0.450. The fourth-order valence-electron chi connectivity index (χ4n) is 3.06. The Labute approximate surface area is 149 Å². The minimum absolute atomic E-state index is 0.315. The highest BCUT2D eigenvalue weighted by molar-refractivity contribution is 5.89. The number of carbonyl (C=O) groups is 1. The lowest BCUT2D eigenvalue weighted by Gasteiger charge is -2.35. The molecule has 136 valence electrons. The van der Waals surface area contributed by atoms with E-state index >= 15 is 0 Å². The average Bonchev–Trinajstić information content (AvgIpc) is 2.94. The van der Waals surface area contributed by atoms with Crippen LogP contribution in [0.4, 0.5) is 0 Å². The van der Waals surface area contributed by atoms with Crippen molar-refractivity contribution in [3.8, 4) is 0 Å². The Bertz CT molecular complexity index is 611. The van der Waals surface area contributed by atoms with Crippen LogP contribution in [0.5, 0.6) is 0 Å². The van der Waals surface area contributed by atoms with Crippen molar-refractivity contribution in [2.75, 3.05) is 20.3 Å². The minimum atomic E-state index is -0.689. The van der Waals surface area contributed by atoms with E-state index in [-0.39, 0.29) is 12.1 Å². The highest BCUT2D eigenvalue weighted by atomic mass is 16.7. The number of benzene rings is 1. The van der Waals surface area contributed by atoms with E-state index in [0.717, 1.165) is 5.56 Å². The van der Waals surface area contributed by atoms with Gasteiger partial charge in [0, 0.05) is 18.7 Å². The zero-order chi connectivity index (χ0) is 18.4. The molecule has 0 radical (unpaired) electrons. The largest absolute Gasteiger partial charge is 0.466 e. The van der Waals surface area contributed by atoms with E-state index in [1.165, 1.54) is 7.11 Å². The summed E-state index contributed by atoms with van der Waals surface area (Å²) < 4.78 is 16.6. The predicted molar refractivity (Wildman–Crippen MR) is 96.9 cm³/mol. The monoisotopic (exact) mass is 345 g/mol. The summed E-state index contributed by atoms with van der Waals surface area (Å²) in [6, 6.07) is 9.68. The van der Waals surface area contributed by atoms with Crippen LogP contribution in [0.2, 0.25) is 0 Å². The second kappa shape index (κ2) is 8.43. The molecular weight excluding hydrogens is 318 g/mol. The normalized spacial score (nSPS) is 20.2. The first-order valence-corrected chi connectivity index (χ1v) is 8.35. The van der Waals surface area contributed by atoms with Gasteiger partial charge in [0.15, 0.2) is 5.79 Å². The molecule has 1 saturated heterocycles. The highest BCUT2D eigenvalue weighted by Gasteiger charge is 2.42. The summed E-state index contributed by atoms with van der Waals surface area (Å²) in [6.45, 7) is 13.1. The first-order chi connectivity index (χ1) is 11.9. The van der Waals surface area contributed by atoms with Crippen molar-refractivity contribution in [2.45, 2.75) is 38.3 Å². The number of rotatable bonds is 8. The summed E-state index contributed by atoms with van der Waals surface area (Å²) >= 11 is 0. The lowest BCUT2D eigenvalue weighted by molar-refractivity contribution is -0.148. The quantitative estimate of drug-likeness (QED) is 0.412. The van der Waals surface area contributed by atoms with Crippen LogP contribution in [-0.4, -0.2) is 49.1 Å². The Balaban J connectivity index is 2.30. The zero-order valence-corrected chi connectivity index (χ0v) is 15.2. The number of esters is 1. The molecule has 1 aliphatic rings. The Morgan fingerprint density at radius 2 is 2.12 bits per heavy atom. The van der Waals surface area contributed by atoms with Gasteiger partial charge in [-0.1, -0.05) is 43.0 Å². The summed E-state index contributed by atoms with van der Waals surface area (Å²) in [5.74, 6) is -1.13. The van der Waals surface area contributed by atoms with E-state index in [2.05, 4.69) is 18.1 Å². The number of ether oxygens (including phenoxy) is 3. The third-order valence-electron chi connectivity index (χ3n) is 4.17. The van der Waals surface area contributed by atoms with Crippen molar-refractivity contribution in [3.63, 3.8) is 0 Å². The second-order valence-corrected chi connectivity index (χ2v) is 6.53. The van der Waals surface area contributed by atoms with Gasteiger partial charge in [-0.3, -0.25) is 4.90 Å².